The van der Waals surface area contributed by atoms with Gasteiger partial charge in [0.05, 0.1) is 20.1 Å². The highest BCUT2D eigenvalue weighted by Gasteiger charge is 2.42. The molecule has 1 fully saturated rings. The van der Waals surface area contributed by atoms with Crippen LogP contribution >= 0.6 is 0 Å². The van der Waals surface area contributed by atoms with Crippen LogP contribution in [0.4, 0.5) is 9.18 Å². The van der Waals surface area contributed by atoms with Crippen LogP contribution in [0.1, 0.15) is 12.8 Å². The monoisotopic (exact) mass is 205 g/mol. The average Bonchev–Trinajstić information content (AvgIpc) is 2.45. The zero-order chi connectivity index (χ0) is 10.8. The number of alkyl halides is 1. The summed E-state index contributed by atoms with van der Waals surface area (Å²) >= 11 is 0. The fourth-order valence-electron chi connectivity index (χ4n) is 1.54. The Morgan fingerprint density at radius 3 is 2.79 bits per heavy atom. The van der Waals surface area contributed by atoms with E-state index in [0.29, 0.717) is 0 Å². The van der Waals surface area contributed by atoms with Gasteiger partial charge in [0.15, 0.2) is 0 Å². The summed E-state index contributed by atoms with van der Waals surface area (Å²) in [5, 5.41) is 8.45. The van der Waals surface area contributed by atoms with Gasteiger partial charge < -0.3 is 14.7 Å². The number of hydrogen-bond acceptors (Lipinski definition) is 3. The number of carboxylic acids is 1. The Morgan fingerprint density at radius 2 is 2.29 bits per heavy atom. The van der Waals surface area contributed by atoms with Gasteiger partial charge in [0.2, 0.25) is 0 Å². The van der Waals surface area contributed by atoms with Gasteiger partial charge in [-0.2, -0.15) is 0 Å². The second-order valence-electron chi connectivity index (χ2n) is 3.36. The van der Waals surface area contributed by atoms with Gasteiger partial charge >= 0.3 is 12.1 Å². The molecule has 0 spiro atoms. The Hall–Kier alpha value is -1.33. The first-order valence-electron chi connectivity index (χ1n) is 4.20. The minimum absolute atomic E-state index is 0.0500. The summed E-state index contributed by atoms with van der Waals surface area (Å²) in [6.07, 6.45) is -1.13. The molecule has 1 unspecified atom stereocenters. The van der Waals surface area contributed by atoms with Crippen molar-refractivity contribution in [2.24, 2.45) is 0 Å². The first kappa shape index (κ1) is 10.7. The van der Waals surface area contributed by atoms with Crippen LogP contribution in [0.25, 0.3) is 0 Å². The maximum atomic E-state index is 13.7. The molecular weight excluding hydrogens is 193 g/mol. The molecule has 0 aromatic rings. The van der Waals surface area contributed by atoms with Gasteiger partial charge in [-0.05, 0) is 0 Å². The highest BCUT2D eigenvalue weighted by Crippen LogP contribution is 2.29. The number of rotatable bonds is 2. The average molecular weight is 205 g/mol. The van der Waals surface area contributed by atoms with Gasteiger partial charge in [0.1, 0.15) is 5.67 Å². The predicted octanol–water partition coefficient (Wildman–Crippen LogP) is 0.642. The first-order valence-corrected chi connectivity index (χ1v) is 4.20. The van der Waals surface area contributed by atoms with Crippen molar-refractivity contribution in [3.63, 3.8) is 0 Å². The molecule has 1 saturated heterocycles. The number of carbonyl (C=O) groups is 2. The number of carboxylic acid groups (broad SMARTS) is 1. The van der Waals surface area contributed by atoms with Crippen LogP contribution in [0.2, 0.25) is 0 Å². The van der Waals surface area contributed by atoms with Crippen molar-refractivity contribution in [3.8, 4) is 0 Å². The molecule has 0 bridgehead atoms. The van der Waals surface area contributed by atoms with E-state index in [1.165, 1.54) is 12.0 Å². The first-order chi connectivity index (χ1) is 6.47. The van der Waals surface area contributed by atoms with Crippen LogP contribution in [0, 0.1) is 0 Å². The van der Waals surface area contributed by atoms with Gasteiger partial charge in [-0.15, -0.1) is 0 Å². The van der Waals surface area contributed by atoms with E-state index >= 15 is 0 Å². The second kappa shape index (κ2) is 3.81. The van der Waals surface area contributed by atoms with E-state index in [1.54, 1.807) is 0 Å². The molecule has 6 heteroatoms. The molecule has 0 aliphatic carbocycles. The third-order valence-corrected chi connectivity index (χ3v) is 2.20. The molecule has 0 aromatic carbocycles. The number of methoxy groups -OCH3 is 1. The molecule has 1 rings (SSSR count). The fourth-order valence-corrected chi connectivity index (χ4v) is 1.54. The van der Waals surface area contributed by atoms with Crippen molar-refractivity contribution < 1.29 is 23.8 Å². The van der Waals surface area contributed by atoms with E-state index < -0.39 is 24.2 Å². The van der Waals surface area contributed by atoms with Crippen LogP contribution in [0.15, 0.2) is 0 Å². The maximum absolute atomic E-state index is 13.7. The van der Waals surface area contributed by atoms with Gasteiger partial charge in [-0.25, -0.2) is 9.18 Å². The molecule has 1 amide bonds. The number of halogens is 1. The standard InChI is InChI=1S/C8H12FNO4/c1-14-7(13)10-3-2-8(9,5-10)4-6(11)12/h2-5H2,1H3,(H,11,12). The maximum Gasteiger partial charge on any atom is 0.409 e. The predicted molar refractivity (Wildman–Crippen MR) is 44.7 cm³/mol. The summed E-state index contributed by atoms with van der Waals surface area (Å²) in [5.41, 5.74) is -1.81. The minimum Gasteiger partial charge on any atom is -0.481 e. The van der Waals surface area contributed by atoms with E-state index in [4.69, 9.17) is 5.11 Å². The zero-order valence-electron chi connectivity index (χ0n) is 7.83. The molecule has 5 nitrogen and oxygen atoms in total. The largest absolute Gasteiger partial charge is 0.481 e. The summed E-state index contributed by atoms with van der Waals surface area (Å²) in [6, 6.07) is 0. The molecule has 0 saturated carbocycles. The lowest BCUT2D eigenvalue weighted by Crippen LogP contribution is -2.34. The number of likely N-dealkylation sites (tertiary alicyclic amines) is 1. The normalized spacial score (nSPS) is 26.3. The highest BCUT2D eigenvalue weighted by molar-refractivity contribution is 5.70. The lowest BCUT2D eigenvalue weighted by Gasteiger charge is -2.18. The van der Waals surface area contributed by atoms with E-state index in [2.05, 4.69) is 4.74 Å². The Bertz CT molecular complexity index is 258. The van der Waals surface area contributed by atoms with Crippen molar-refractivity contribution in [1.29, 1.82) is 0 Å². The molecule has 1 atom stereocenters. The summed E-state index contributed by atoms with van der Waals surface area (Å²) in [6.45, 7) is 0.00241. The van der Waals surface area contributed by atoms with E-state index in [9.17, 15) is 14.0 Å². The molecule has 1 N–H and O–H groups in total. The number of amides is 1. The van der Waals surface area contributed by atoms with Crippen molar-refractivity contribution in [2.75, 3.05) is 20.2 Å². The molecule has 14 heavy (non-hydrogen) atoms. The van der Waals surface area contributed by atoms with Gasteiger partial charge in [0, 0.05) is 13.0 Å². The van der Waals surface area contributed by atoms with Crippen molar-refractivity contribution in [1.82, 2.24) is 4.90 Å². The van der Waals surface area contributed by atoms with Crippen molar-refractivity contribution in [3.05, 3.63) is 0 Å². The minimum atomic E-state index is -1.81. The van der Waals surface area contributed by atoms with Crippen LogP contribution in [0.5, 0.6) is 0 Å². The summed E-state index contributed by atoms with van der Waals surface area (Å²) < 4.78 is 18.1. The Morgan fingerprint density at radius 1 is 1.64 bits per heavy atom. The number of aliphatic carboxylic acids is 1. The molecule has 0 radical (unpaired) electrons. The van der Waals surface area contributed by atoms with Gasteiger partial charge in [0.25, 0.3) is 0 Å². The molecule has 1 aliphatic rings. The third kappa shape index (κ3) is 2.34. The molecular formula is C8H12FNO4. The molecule has 1 heterocycles. The molecule has 1 aliphatic heterocycles. The van der Waals surface area contributed by atoms with E-state index in [0.717, 1.165) is 0 Å². The SMILES string of the molecule is COC(=O)N1CCC(F)(CC(=O)O)C1. The smallest absolute Gasteiger partial charge is 0.409 e. The number of nitrogens with zero attached hydrogens (tertiary/aromatic N) is 1. The Kier molecular flexibility index (Phi) is 2.93. The van der Waals surface area contributed by atoms with Crippen LogP contribution in [-0.2, 0) is 9.53 Å². The van der Waals surface area contributed by atoms with Crippen LogP contribution in [-0.4, -0.2) is 47.9 Å². The van der Waals surface area contributed by atoms with Gasteiger partial charge in [-0.3, -0.25) is 4.79 Å². The summed E-state index contributed by atoms with van der Waals surface area (Å²) in [5.74, 6) is -1.20. The zero-order valence-corrected chi connectivity index (χ0v) is 7.83. The van der Waals surface area contributed by atoms with Gasteiger partial charge in [-0.1, -0.05) is 0 Å². The van der Waals surface area contributed by atoms with Crippen LogP contribution in [0.3, 0.4) is 0 Å². The fraction of sp³-hybridized carbons (Fsp3) is 0.750. The highest BCUT2D eigenvalue weighted by atomic mass is 19.1. The lowest BCUT2D eigenvalue weighted by atomic mass is 10.0. The Labute approximate surface area is 80.4 Å². The number of ether oxygens (including phenoxy) is 1. The van der Waals surface area contributed by atoms with E-state index in [1.807, 2.05) is 0 Å². The van der Waals surface area contributed by atoms with E-state index in [-0.39, 0.29) is 19.5 Å². The summed E-state index contributed by atoms with van der Waals surface area (Å²) in [4.78, 5) is 22.5. The molecule has 80 valence electrons. The Balaban J connectivity index is 2.54. The topological polar surface area (TPSA) is 66.8 Å². The lowest BCUT2D eigenvalue weighted by molar-refractivity contribution is -0.140. The van der Waals surface area contributed by atoms with Crippen molar-refractivity contribution >= 4 is 12.1 Å². The number of carbonyl (C=O) groups excluding carboxylic acids is 1. The third-order valence-electron chi connectivity index (χ3n) is 2.20. The quantitative estimate of drug-likeness (QED) is 0.718. The number of hydrogen-bond donors (Lipinski definition) is 1. The van der Waals surface area contributed by atoms with Crippen molar-refractivity contribution in [2.45, 2.75) is 18.5 Å². The second-order valence-corrected chi connectivity index (χ2v) is 3.36. The summed E-state index contributed by atoms with van der Waals surface area (Å²) in [7, 11) is 1.21. The molecule has 0 aromatic heterocycles. The van der Waals surface area contributed by atoms with Crippen LogP contribution < -0.4 is 0 Å².